The molecule has 0 atom stereocenters. The van der Waals surface area contributed by atoms with Gasteiger partial charge < -0.3 is 9.80 Å². The molecule has 0 spiro atoms. The van der Waals surface area contributed by atoms with E-state index in [1.54, 1.807) is 6.20 Å². The summed E-state index contributed by atoms with van der Waals surface area (Å²) in [7, 11) is 0. The molecular formula is C22H22ClN5O2S2. The standard InChI is InChI=1S/C22H22ClN5O2S2/c1-14-18(32-19(25-14)15-3-2-4-16(23)11-15)21(29)28-12-17(13-28)26-6-8-27(9-7-26)22(30)20-24-5-10-31-20/h2-5,10-11,17H,6-9,12-13H2,1H3. The van der Waals surface area contributed by atoms with E-state index in [1.807, 2.05) is 46.4 Å². The van der Waals surface area contributed by atoms with E-state index in [0.717, 1.165) is 29.4 Å². The summed E-state index contributed by atoms with van der Waals surface area (Å²) in [6.07, 6.45) is 1.66. The van der Waals surface area contributed by atoms with Crippen molar-refractivity contribution in [1.82, 2.24) is 24.7 Å². The van der Waals surface area contributed by atoms with Gasteiger partial charge in [0.2, 0.25) is 0 Å². The van der Waals surface area contributed by atoms with Crippen LogP contribution in [0.15, 0.2) is 35.8 Å². The van der Waals surface area contributed by atoms with Crippen LogP contribution in [0.5, 0.6) is 0 Å². The second kappa shape index (κ2) is 8.90. The van der Waals surface area contributed by atoms with Crippen molar-refractivity contribution in [2.24, 2.45) is 0 Å². The Bertz CT molecular complexity index is 1140. The number of aryl methyl sites for hydroxylation is 1. The van der Waals surface area contributed by atoms with E-state index in [2.05, 4.69) is 14.9 Å². The van der Waals surface area contributed by atoms with Crippen molar-refractivity contribution >= 4 is 46.1 Å². The third kappa shape index (κ3) is 4.17. The summed E-state index contributed by atoms with van der Waals surface area (Å²) >= 11 is 8.90. The van der Waals surface area contributed by atoms with Gasteiger partial charge in [0.1, 0.15) is 9.88 Å². The van der Waals surface area contributed by atoms with E-state index >= 15 is 0 Å². The Labute approximate surface area is 199 Å². The van der Waals surface area contributed by atoms with Crippen LogP contribution >= 0.6 is 34.3 Å². The third-order valence-corrected chi connectivity index (χ3v) is 8.14. The van der Waals surface area contributed by atoms with Crippen LogP contribution in [0, 0.1) is 6.92 Å². The molecule has 2 aliphatic rings. The van der Waals surface area contributed by atoms with E-state index in [9.17, 15) is 9.59 Å². The van der Waals surface area contributed by atoms with Crippen molar-refractivity contribution in [1.29, 1.82) is 0 Å². The van der Waals surface area contributed by atoms with Crippen LogP contribution in [-0.4, -0.2) is 81.8 Å². The van der Waals surface area contributed by atoms with Crippen LogP contribution in [0.3, 0.4) is 0 Å². The normalized spacial score (nSPS) is 17.4. The van der Waals surface area contributed by atoms with E-state index in [4.69, 9.17) is 11.6 Å². The second-order valence-electron chi connectivity index (χ2n) is 7.97. The average Bonchev–Trinajstić information content (AvgIpc) is 3.43. The fourth-order valence-electron chi connectivity index (χ4n) is 4.09. The Morgan fingerprint density at radius 3 is 2.56 bits per heavy atom. The van der Waals surface area contributed by atoms with Gasteiger partial charge >= 0.3 is 0 Å². The van der Waals surface area contributed by atoms with Gasteiger partial charge in [0, 0.05) is 67.5 Å². The lowest BCUT2D eigenvalue weighted by Gasteiger charge is -2.47. The van der Waals surface area contributed by atoms with Crippen LogP contribution in [0.25, 0.3) is 10.6 Å². The Hall–Kier alpha value is -2.33. The molecule has 2 amide bonds. The van der Waals surface area contributed by atoms with Gasteiger partial charge in [-0.15, -0.1) is 22.7 Å². The summed E-state index contributed by atoms with van der Waals surface area (Å²) in [5, 5.41) is 3.84. The van der Waals surface area contributed by atoms with Gasteiger partial charge in [0.05, 0.1) is 5.69 Å². The van der Waals surface area contributed by atoms with Gasteiger partial charge in [0.15, 0.2) is 5.01 Å². The summed E-state index contributed by atoms with van der Waals surface area (Å²) in [5.41, 5.74) is 1.68. The molecule has 5 rings (SSSR count). The van der Waals surface area contributed by atoms with Crippen molar-refractivity contribution < 1.29 is 9.59 Å². The molecule has 10 heteroatoms. The van der Waals surface area contributed by atoms with Crippen molar-refractivity contribution in [2.45, 2.75) is 13.0 Å². The van der Waals surface area contributed by atoms with Gasteiger partial charge in [-0.05, 0) is 19.1 Å². The molecule has 2 fully saturated rings. The molecule has 32 heavy (non-hydrogen) atoms. The molecule has 2 aliphatic heterocycles. The number of benzene rings is 1. The summed E-state index contributed by atoms with van der Waals surface area (Å²) in [6.45, 7) is 6.34. The van der Waals surface area contributed by atoms with Crippen LogP contribution in [0.1, 0.15) is 25.2 Å². The minimum Gasteiger partial charge on any atom is -0.335 e. The van der Waals surface area contributed by atoms with Crippen LogP contribution in [0.2, 0.25) is 5.02 Å². The number of halogens is 1. The minimum absolute atomic E-state index is 0.0150. The molecule has 2 aromatic heterocycles. The monoisotopic (exact) mass is 487 g/mol. The average molecular weight is 488 g/mol. The fourth-order valence-corrected chi connectivity index (χ4v) is 5.91. The smallest absolute Gasteiger partial charge is 0.282 e. The number of carbonyl (C=O) groups is 2. The Balaban J connectivity index is 1.16. The van der Waals surface area contributed by atoms with Crippen LogP contribution in [0.4, 0.5) is 0 Å². The molecule has 0 N–H and O–H groups in total. The van der Waals surface area contributed by atoms with Crippen LogP contribution in [-0.2, 0) is 0 Å². The molecule has 4 heterocycles. The van der Waals surface area contributed by atoms with Crippen molar-refractivity contribution in [3.63, 3.8) is 0 Å². The first kappa shape index (κ1) is 21.5. The zero-order valence-corrected chi connectivity index (χ0v) is 19.9. The first-order valence-corrected chi connectivity index (χ1v) is 12.5. The molecule has 0 bridgehead atoms. The zero-order chi connectivity index (χ0) is 22.2. The molecule has 166 valence electrons. The van der Waals surface area contributed by atoms with Gasteiger partial charge in [-0.3, -0.25) is 14.5 Å². The zero-order valence-electron chi connectivity index (χ0n) is 17.5. The molecule has 0 saturated carbocycles. The SMILES string of the molecule is Cc1nc(-c2cccc(Cl)c2)sc1C(=O)N1CC(N2CCN(C(=O)c3nccs3)CC2)C1. The molecule has 0 radical (unpaired) electrons. The minimum atomic E-state index is 0.0150. The number of hydrogen-bond donors (Lipinski definition) is 0. The molecular weight excluding hydrogens is 466 g/mol. The lowest BCUT2D eigenvalue weighted by Crippen LogP contribution is -2.64. The number of nitrogens with zero attached hydrogens (tertiary/aromatic N) is 5. The summed E-state index contributed by atoms with van der Waals surface area (Å²) in [5.74, 6) is 0.0587. The molecule has 1 aromatic carbocycles. The highest BCUT2D eigenvalue weighted by molar-refractivity contribution is 7.17. The highest BCUT2D eigenvalue weighted by Crippen LogP contribution is 2.31. The maximum atomic E-state index is 13.1. The molecule has 0 aliphatic carbocycles. The molecule has 3 aromatic rings. The largest absolute Gasteiger partial charge is 0.335 e. The van der Waals surface area contributed by atoms with Crippen molar-refractivity contribution in [3.05, 3.63) is 56.4 Å². The van der Waals surface area contributed by atoms with Crippen molar-refractivity contribution in [2.75, 3.05) is 39.3 Å². The maximum absolute atomic E-state index is 13.1. The van der Waals surface area contributed by atoms with E-state index in [1.165, 1.54) is 22.7 Å². The highest BCUT2D eigenvalue weighted by atomic mass is 35.5. The number of piperazine rings is 1. The van der Waals surface area contributed by atoms with Crippen molar-refractivity contribution in [3.8, 4) is 10.6 Å². The number of amides is 2. The molecule has 7 nitrogen and oxygen atoms in total. The topological polar surface area (TPSA) is 69.6 Å². The van der Waals surface area contributed by atoms with E-state index in [0.29, 0.717) is 47.1 Å². The third-order valence-electron chi connectivity index (χ3n) is 5.95. The quantitative estimate of drug-likeness (QED) is 0.563. The second-order valence-corrected chi connectivity index (χ2v) is 10.3. The lowest BCUT2D eigenvalue weighted by atomic mass is 10.1. The van der Waals surface area contributed by atoms with E-state index in [-0.39, 0.29) is 11.8 Å². The Morgan fingerprint density at radius 2 is 1.88 bits per heavy atom. The van der Waals surface area contributed by atoms with E-state index < -0.39 is 0 Å². The first-order chi connectivity index (χ1) is 15.5. The number of aromatic nitrogens is 2. The molecule has 2 saturated heterocycles. The summed E-state index contributed by atoms with van der Waals surface area (Å²) < 4.78 is 0. The summed E-state index contributed by atoms with van der Waals surface area (Å²) in [6, 6.07) is 7.88. The number of thiazole rings is 2. The summed E-state index contributed by atoms with van der Waals surface area (Å²) in [4.78, 5) is 41.1. The van der Waals surface area contributed by atoms with Gasteiger partial charge in [-0.2, -0.15) is 0 Å². The predicted octanol–water partition coefficient (Wildman–Crippen LogP) is 3.51. The maximum Gasteiger partial charge on any atom is 0.282 e. The number of carbonyl (C=O) groups excluding carboxylic acids is 2. The Morgan fingerprint density at radius 1 is 1.09 bits per heavy atom. The number of rotatable bonds is 4. The lowest BCUT2D eigenvalue weighted by molar-refractivity contribution is 0.00874. The van der Waals surface area contributed by atoms with Crippen LogP contribution < -0.4 is 0 Å². The highest BCUT2D eigenvalue weighted by Gasteiger charge is 2.38. The number of likely N-dealkylation sites (tertiary alicyclic amines) is 1. The fraction of sp³-hybridized carbons (Fsp3) is 0.364. The first-order valence-electron chi connectivity index (χ1n) is 10.4. The van der Waals surface area contributed by atoms with Gasteiger partial charge in [-0.25, -0.2) is 9.97 Å². The Kier molecular flexibility index (Phi) is 5.98. The predicted molar refractivity (Wildman–Crippen MR) is 127 cm³/mol. The number of hydrogen-bond acceptors (Lipinski definition) is 7. The van der Waals surface area contributed by atoms with Gasteiger partial charge in [-0.1, -0.05) is 23.7 Å². The van der Waals surface area contributed by atoms with Gasteiger partial charge in [0.25, 0.3) is 11.8 Å². The molecule has 0 unspecified atom stereocenters.